The minimum absolute atomic E-state index is 0. The van der Waals surface area contributed by atoms with Crippen LogP contribution in [0.2, 0.25) is 0 Å². The molecule has 0 spiro atoms. The minimum Gasteiger partial charge on any atom is -0.479 e. The van der Waals surface area contributed by atoms with Crippen molar-refractivity contribution in [3.63, 3.8) is 0 Å². The average molecular weight is 614 g/mol. The van der Waals surface area contributed by atoms with Crippen LogP contribution in [0.4, 0.5) is 16.3 Å². The smallest absolute Gasteiger partial charge is 0.245 e. The van der Waals surface area contributed by atoms with E-state index in [1.54, 1.807) is 4.90 Å². The summed E-state index contributed by atoms with van der Waals surface area (Å²) < 4.78 is 67.4. The Morgan fingerprint density at radius 1 is 1.10 bits per heavy atom. The molecule has 18 heteroatoms. The highest BCUT2D eigenvalue weighted by Gasteiger charge is 2.38. The Kier molecular flexibility index (Phi) is 10.4. The molecule has 0 radical (unpaired) electrons. The number of aromatic nitrogens is 7. The zero-order valence-corrected chi connectivity index (χ0v) is 24.5. The number of hydrogen-bond donors (Lipinski definition) is 2. The van der Waals surface area contributed by atoms with Gasteiger partial charge in [0.1, 0.15) is 17.4 Å². The fourth-order valence-corrected chi connectivity index (χ4v) is 5.90. The number of nitrogens with zero attached hydrogens (tertiary/aromatic N) is 8. The van der Waals surface area contributed by atoms with Crippen LogP contribution in [-0.2, 0) is 25.9 Å². The molecular formula is C24H36FN9O7S. The maximum atomic E-state index is 13.9. The van der Waals surface area contributed by atoms with E-state index < -0.39 is 27.2 Å². The fraction of sp³-hybridized carbons (Fsp3) is 0.583. The highest BCUT2D eigenvalue weighted by atomic mass is 32.2. The Morgan fingerprint density at radius 2 is 1.79 bits per heavy atom. The highest BCUT2D eigenvalue weighted by molar-refractivity contribution is 7.93. The fourth-order valence-electron chi connectivity index (χ4n) is 4.51. The lowest BCUT2D eigenvalue weighted by Gasteiger charge is -2.37. The summed E-state index contributed by atoms with van der Waals surface area (Å²) in [6, 6.07) is 0. The Labute approximate surface area is 243 Å². The zero-order valence-electron chi connectivity index (χ0n) is 23.7. The summed E-state index contributed by atoms with van der Waals surface area (Å²) in [7, 11) is -1.36. The molecule has 1 aliphatic heterocycles. The van der Waals surface area contributed by atoms with Crippen LogP contribution in [0.3, 0.4) is 0 Å². The van der Waals surface area contributed by atoms with Crippen molar-refractivity contribution < 1.29 is 38.3 Å². The Morgan fingerprint density at radius 3 is 2.40 bits per heavy atom. The topological polar surface area (TPSA) is 189 Å². The van der Waals surface area contributed by atoms with Crippen molar-refractivity contribution in [3.8, 4) is 17.4 Å². The van der Waals surface area contributed by atoms with Crippen LogP contribution in [0.5, 0.6) is 11.8 Å². The monoisotopic (exact) mass is 613 g/mol. The molecule has 16 nitrogen and oxygen atoms in total. The Bertz CT molecular complexity index is 1410. The molecule has 1 saturated heterocycles. The molecule has 4 heterocycles. The van der Waals surface area contributed by atoms with Gasteiger partial charge >= 0.3 is 0 Å². The van der Waals surface area contributed by atoms with Crippen molar-refractivity contribution in [2.45, 2.75) is 44.1 Å². The van der Waals surface area contributed by atoms with Crippen LogP contribution >= 0.6 is 0 Å². The van der Waals surface area contributed by atoms with Crippen LogP contribution in [0.25, 0.3) is 5.69 Å². The van der Waals surface area contributed by atoms with Crippen molar-refractivity contribution in [1.29, 1.82) is 0 Å². The van der Waals surface area contributed by atoms with Gasteiger partial charge in [-0.1, -0.05) is 0 Å². The maximum absolute atomic E-state index is 13.9. The van der Waals surface area contributed by atoms with Crippen LogP contribution in [-0.4, -0.2) is 113 Å². The summed E-state index contributed by atoms with van der Waals surface area (Å²) in [5.74, 6) is -0.121. The molecule has 2 N–H and O–H groups in total. The SMILES string of the molecule is COc1ncnc(OC)c1-n1c(CCOCCO)nnc1NS(=O)(=O)[C@H]1C[C@@H](OC(C)C)CN(c2ncc(F)cn2)C1.[HH]. The molecule has 1 aliphatic rings. The molecule has 232 valence electrons. The quantitative estimate of drug-likeness (QED) is 0.241. The van der Waals surface area contributed by atoms with Crippen molar-refractivity contribution in [1.82, 2.24) is 34.7 Å². The molecule has 0 aliphatic carbocycles. The highest BCUT2D eigenvalue weighted by Crippen LogP contribution is 2.33. The number of sulfonamides is 1. The lowest BCUT2D eigenvalue weighted by Crippen LogP contribution is -2.51. The normalized spacial score (nSPS) is 17.5. The molecule has 0 saturated carbocycles. The van der Waals surface area contributed by atoms with Crippen molar-refractivity contribution in [3.05, 3.63) is 30.4 Å². The third kappa shape index (κ3) is 7.36. The average Bonchev–Trinajstić information content (AvgIpc) is 3.35. The number of aliphatic hydroxyl groups is 1. The number of ether oxygens (including phenoxy) is 4. The standard InChI is InChI=1S/C24H34FN9O7S.H2/c1-15(2)41-17-9-18(13-33(12-17)23-26-10-16(25)11-27-23)42(36,37)32-24-31-30-19(5-7-40-8-6-35)34(24)20-21(38-3)28-14-29-22(20)39-4;/h10-11,14-15,17-18,35H,5-9,12-13H2,1-4H3,(H,31,32);1H/t17-,18+;/m1./s1. The van der Waals surface area contributed by atoms with Gasteiger partial charge in [0.15, 0.2) is 11.5 Å². The van der Waals surface area contributed by atoms with E-state index in [1.807, 2.05) is 13.8 Å². The van der Waals surface area contributed by atoms with Crippen molar-refractivity contribution in [2.24, 2.45) is 0 Å². The molecule has 3 aromatic heterocycles. The van der Waals surface area contributed by atoms with Crippen LogP contribution in [0, 0.1) is 5.82 Å². The molecule has 0 amide bonds. The first-order chi connectivity index (χ1) is 20.2. The van der Waals surface area contributed by atoms with Gasteiger partial charge in [-0.3, -0.25) is 9.29 Å². The molecule has 1 fully saturated rings. The summed E-state index contributed by atoms with van der Waals surface area (Å²) in [5, 5.41) is 16.3. The first-order valence-corrected chi connectivity index (χ1v) is 14.7. The van der Waals surface area contributed by atoms with Gasteiger partial charge in [-0.2, -0.15) is 9.97 Å². The van der Waals surface area contributed by atoms with Gasteiger partial charge in [0.25, 0.3) is 0 Å². The number of hydrogen-bond acceptors (Lipinski definition) is 14. The van der Waals surface area contributed by atoms with Crippen molar-refractivity contribution >= 4 is 21.9 Å². The van der Waals surface area contributed by atoms with Gasteiger partial charge in [0.2, 0.25) is 33.7 Å². The third-order valence-electron chi connectivity index (χ3n) is 6.20. The number of halogens is 1. The number of aliphatic hydroxyl groups excluding tert-OH is 1. The first kappa shape index (κ1) is 31.2. The summed E-state index contributed by atoms with van der Waals surface area (Å²) in [6.07, 6.45) is 3.00. The van der Waals surface area contributed by atoms with Gasteiger partial charge < -0.3 is 29.0 Å². The van der Waals surface area contributed by atoms with Gasteiger partial charge in [-0.25, -0.2) is 22.8 Å². The molecule has 2 atom stereocenters. The molecule has 0 bridgehead atoms. The lowest BCUT2D eigenvalue weighted by molar-refractivity contribution is 0.00147. The van der Waals surface area contributed by atoms with E-state index in [0.29, 0.717) is 12.4 Å². The molecular weight excluding hydrogens is 577 g/mol. The largest absolute Gasteiger partial charge is 0.479 e. The predicted molar refractivity (Wildman–Crippen MR) is 149 cm³/mol. The Hall–Kier alpha value is -3.74. The second-order valence-electron chi connectivity index (χ2n) is 9.52. The number of rotatable bonds is 14. The van der Waals surface area contributed by atoms with E-state index in [9.17, 15) is 12.8 Å². The zero-order chi connectivity index (χ0) is 30.3. The molecule has 0 aromatic carbocycles. The van der Waals surface area contributed by atoms with Gasteiger partial charge in [0, 0.05) is 20.9 Å². The second-order valence-corrected chi connectivity index (χ2v) is 11.5. The van der Waals surface area contributed by atoms with E-state index in [1.165, 1.54) is 25.1 Å². The summed E-state index contributed by atoms with van der Waals surface area (Å²) >= 11 is 0. The summed E-state index contributed by atoms with van der Waals surface area (Å²) in [4.78, 5) is 18.0. The number of anilines is 2. The predicted octanol–water partition coefficient (Wildman–Crippen LogP) is 0.615. The van der Waals surface area contributed by atoms with E-state index in [4.69, 9.17) is 24.1 Å². The van der Waals surface area contributed by atoms with E-state index in [-0.39, 0.29) is 76.1 Å². The van der Waals surface area contributed by atoms with Gasteiger partial charge in [-0.05, 0) is 20.3 Å². The maximum Gasteiger partial charge on any atom is 0.245 e. The lowest BCUT2D eigenvalue weighted by atomic mass is 10.1. The van der Waals surface area contributed by atoms with E-state index in [2.05, 4.69) is 34.9 Å². The van der Waals surface area contributed by atoms with Crippen LogP contribution in [0.1, 0.15) is 27.5 Å². The Balaban J connectivity index is 0.00000506. The number of methoxy groups -OCH3 is 2. The number of nitrogens with one attached hydrogen (secondary N) is 1. The van der Waals surface area contributed by atoms with E-state index >= 15 is 0 Å². The van der Waals surface area contributed by atoms with Crippen molar-refractivity contribution in [2.75, 3.05) is 56.8 Å². The van der Waals surface area contributed by atoms with Crippen LogP contribution in [0.15, 0.2) is 18.7 Å². The van der Waals surface area contributed by atoms with Gasteiger partial charge in [-0.15, -0.1) is 10.2 Å². The third-order valence-corrected chi connectivity index (χ3v) is 7.89. The molecule has 42 heavy (non-hydrogen) atoms. The molecule has 0 unspecified atom stereocenters. The van der Waals surface area contributed by atoms with Crippen LogP contribution < -0.4 is 19.1 Å². The number of piperidine rings is 1. The molecule has 3 aromatic rings. The van der Waals surface area contributed by atoms with E-state index in [0.717, 1.165) is 12.4 Å². The molecule has 4 rings (SSSR count). The summed E-state index contributed by atoms with van der Waals surface area (Å²) in [5.41, 5.74) is 0.174. The second kappa shape index (κ2) is 14.0. The first-order valence-electron chi connectivity index (χ1n) is 13.1. The minimum atomic E-state index is -4.15. The summed E-state index contributed by atoms with van der Waals surface area (Å²) in [6.45, 7) is 4.15. The van der Waals surface area contributed by atoms with Gasteiger partial charge in [0.05, 0.1) is 58.6 Å².